The van der Waals surface area contributed by atoms with Crippen molar-refractivity contribution in [3.8, 4) is 0 Å². The van der Waals surface area contributed by atoms with Gasteiger partial charge in [0.15, 0.2) is 6.10 Å². The molecule has 22 heavy (non-hydrogen) atoms. The number of benzene rings is 2. The van der Waals surface area contributed by atoms with Gasteiger partial charge >= 0.3 is 12.2 Å². The van der Waals surface area contributed by atoms with E-state index in [1.807, 2.05) is 60.7 Å². The zero-order valence-electron chi connectivity index (χ0n) is 12.0. The van der Waals surface area contributed by atoms with Crippen molar-refractivity contribution in [2.75, 3.05) is 7.11 Å². The second-order valence-electron chi connectivity index (χ2n) is 4.91. The van der Waals surface area contributed by atoms with E-state index in [4.69, 9.17) is 9.47 Å². The number of amides is 2. The van der Waals surface area contributed by atoms with E-state index in [0.717, 1.165) is 16.0 Å². The molecule has 1 saturated heterocycles. The van der Waals surface area contributed by atoms with Gasteiger partial charge in [-0.2, -0.15) is 0 Å². The van der Waals surface area contributed by atoms with Crippen molar-refractivity contribution in [3.63, 3.8) is 0 Å². The first-order chi connectivity index (χ1) is 10.7. The first-order valence-electron chi connectivity index (χ1n) is 6.90. The van der Waals surface area contributed by atoms with Crippen molar-refractivity contribution in [1.82, 2.24) is 4.90 Å². The first kappa shape index (κ1) is 14.1. The molecule has 0 spiro atoms. The number of nitrogens with zero attached hydrogens (tertiary/aromatic N) is 1. The number of ether oxygens (including phenoxy) is 2. The highest BCUT2D eigenvalue weighted by Crippen LogP contribution is 2.43. The molecule has 112 valence electrons. The molecule has 5 nitrogen and oxygen atoms in total. The lowest BCUT2D eigenvalue weighted by atomic mass is 9.96. The quantitative estimate of drug-likeness (QED) is 0.848. The van der Waals surface area contributed by atoms with Gasteiger partial charge in [0, 0.05) is 0 Å². The zero-order valence-corrected chi connectivity index (χ0v) is 12.0. The lowest BCUT2D eigenvalue weighted by Gasteiger charge is -2.22. The van der Waals surface area contributed by atoms with E-state index in [0.29, 0.717) is 0 Å². The van der Waals surface area contributed by atoms with E-state index < -0.39 is 24.3 Å². The van der Waals surface area contributed by atoms with Crippen LogP contribution in [0.5, 0.6) is 0 Å². The van der Waals surface area contributed by atoms with Gasteiger partial charge in [0.05, 0.1) is 7.11 Å². The average Bonchev–Trinajstić information content (AvgIpc) is 2.93. The van der Waals surface area contributed by atoms with Crippen molar-refractivity contribution in [2.24, 2.45) is 0 Å². The molecule has 3 rings (SSSR count). The Morgan fingerprint density at radius 1 is 1.00 bits per heavy atom. The van der Waals surface area contributed by atoms with E-state index in [2.05, 4.69) is 0 Å². The third kappa shape index (κ3) is 2.41. The Balaban J connectivity index is 2.06. The fourth-order valence-corrected chi connectivity index (χ4v) is 2.63. The average molecular weight is 297 g/mol. The van der Waals surface area contributed by atoms with Crippen molar-refractivity contribution in [3.05, 3.63) is 71.8 Å². The fraction of sp³-hybridized carbons (Fsp3) is 0.176. The minimum absolute atomic E-state index is 0.552. The van der Waals surface area contributed by atoms with Gasteiger partial charge in [-0.1, -0.05) is 60.7 Å². The molecule has 1 heterocycles. The summed E-state index contributed by atoms with van der Waals surface area (Å²) in [6, 6.07) is 18.1. The van der Waals surface area contributed by atoms with Gasteiger partial charge in [-0.3, -0.25) is 0 Å². The summed E-state index contributed by atoms with van der Waals surface area (Å²) >= 11 is 0. The third-order valence-electron chi connectivity index (χ3n) is 3.63. The number of cyclic esters (lactones) is 1. The highest BCUT2D eigenvalue weighted by atomic mass is 16.6. The fourth-order valence-electron chi connectivity index (χ4n) is 2.63. The van der Waals surface area contributed by atoms with E-state index in [9.17, 15) is 9.59 Å². The van der Waals surface area contributed by atoms with E-state index >= 15 is 0 Å². The molecule has 2 aromatic rings. The molecule has 2 atom stereocenters. The number of imide groups is 1. The molecule has 0 saturated carbocycles. The van der Waals surface area contributed by atoms with Gasteiger partial charge in [0.25, 0.3) is 0 Å². The van der Waals surface area contributed by atoms with Crippen molar-refractivity contribution < 1.29 is 19.1 Å². The SMILES string of the molecule is COC(=O)N1C(=O)O[C@H](c2ccccc2)[C@H]1c1ccccc1. The first-order valence-corrected chi connectivity index (χ1v) is 6.90. The molecule has 5 heteroatoms. The molecule has 1 aliphatic rings. The Kier molecular flexibility index (Phi) is 3.78. The standard InChI is InChI=1S/C17H15NO4/c1-21-16(19)18-14(12-8-4-2-5-9-12)15(22-17(18)20)13-10-6-3-7-11-13/h2-11,14-15H,1H3/t14-,15-/m1/s1. The lowest BCUT2D eigenvalue weighted by molar-refractivity contribution is 0.119. The summed E-state index contributed by atoms with van der Waals surface area (Å²) in [5.41, 5.74) is 1.64. The van der Waals surface area contributed by atoms with Gasteiger partial charge in [0.2, 0.25) is 0 Å². The van der Waals surface area contributed by atoms with Crippen LogP contribution in [0.3, 0.4) is 0 Å². The van der Waals surface area contributed by atoms with E-state index in [-0.39, 0.29) is 0 Å². The maximum Gasteiger partial charge on any atom is 0.420 e. The van der Waals surface area contributed by atoms with Gasteiger partial charge in [-0.25, -0.2) is 14.5 Å². The molecule has 0 N–H and O–H groups in total. The maximum absolute atomic E-state index is 12.1. The predicted molar refractivity (Wildman–Crippen MR) is 79.1 cm³/mol. The van der Waals surface area contributed by atoms with Crippen LogP contribution in [0.25, 0.3) is 0 Å². The van der Waals surface area contributed by atoms with Crippen LogP contribution in [0, 0.1) is 0 Å². The summed E-state index contributed by atoms with van der Waals surface area (Å²) < 4.78 is 10.2. The molecule has 0 aliphatic carbocycles. The molecule has 1 aliphatic heterocycles. The topological polar surface area (TPSA) is 55.8 Å². The molecular weight excluding hydrogens is 282 g/mol. The zero-order chi connectivity index (χ0) is 15.5. The van der Waals surface area contributed by atoms with Crippen LogP contribution in [0.2, 0.25) is 0 Å². The molecule has 0 unspecified atom stereocenters. The van der Waals surface area contributed by atoms with E-state index in [1.54, 1.807) is 0 Å². The summed E-state index contributed by atoms with van der Waals surface area (Å²) in [6.07, 6.45) is -1.98. The second kappa shape index (κ2) is 5.89. The highest BCUT2D eigenvalue weighted by molar-refractivity contribution is 5.90. The minimum Gasteiger partial charge on any atom is -0.452 e. The van der Waals surface area contributed by atoms with Crippen LogP contribution < -0.4 is 0 Å². The Morgan fingerprint density at radius 3 is 2.09 bits per heavy atom. The predicted octanol–water partition coefficient (Wildman–Crippen LogP) is 3.69. The van der Waals surface area contributed by atoms with Gasteiger partial charge in [0.1, 0.15) is 6.04 Å². The van der Waals surface area contributed by atoms with E-state index in [1.165, 1.54) is 7.11 Å². The molecular formula is C17H15NO4. The molecule has 2 amide bonds. The summed E-state index contributed by atoms with van der Waals surface area (Å²) in [5.74, 6) is 0. The van der Waals surface area contributed by atoms with Gasteiger partial charge in [-0.15, -0.1) is 0 Å². The number of hydrogen-bond donors (Lipinski definition) is 0. The van der Waals surface area contributed by atoms with Crippen LogP contribution >= 0.6 is 0 Å². The molecule has 0 bridgehead atoms. The van der Waals surface area contributed by atoms with Crippen LogP contribution in [0.1, 0.15) is 23.3 Å². The lowest BCUT2D eigenvalue weighted by Crippen LogP contribution is -2.34. The van der Waals surface area contributed by atoms with Crippen molar-refractivity contribution in [2.45, 2.75) is 12.1 Å². The molecule has 2 aromatic carbocycles. The second-order valence-corrected chi connectivity index (χ2v) is 4.91. The van der Waals surface area contributed by atoms with Crippen LogP contribution in [-0.4, -0.2) is 24.2 Å². The van der Waals surface area contributed by atoms with Crippen molar-refractivity contribution >= 4 is 12.2 Å². The van der Waals surface area contributed by atoms with Gasteiger partial charge < -0.3 is 9.47 Å². The largest absolute Gasteiger partial charge is 0.452 e. The normalized spacial score (nSPS) is 20.6. The summed E-state index contributed by atoms with van der Waals surface area (Å²) in [6.45, 7) is 0. The smallest absolute Gasteiger partial charge is 0.420 e. The Bertz CT molecular complexity index is 672. The monoisotopic (exact) mass is 297 g/mol. The number of hydrogen-bond acceptors (Lipinski definition) is 4. The Labute approximate surface area is 128 Å². The molecule has 0 aromatic heterocycles. The minimum atomic E-state index is -0.725. The Hall–Kier alpha value is -2.82. The molecule has 0 radical (unpaired) electrons. The van der Waals surface area contributed by atoms with Crippen LogP contribution in [0.4, 0.5) is 9.59 Å². The number of rotatable bonds is 2. The summed E-state index contributed by atoms with van der Waals surface area (Å²) in [4.78, 5) is 25.2. The Morgan fingerprint density at radius 2 is 1.55 bits per heavy atom. The van der Waals surface area contributed by atoms with Crippen LogP contribution in [0.15, 0.2) is 60.7 Å². The highest BCUT2D eigenvalue weighted by Gasteiger charge is 2.47. The summed E-state index contributed by atoms with van der Waals surface area (Å²) in [7, 11) is 1.24. The van der Waals surface area contributed by atoms with Gasteiger partial charge in [-0.05, 0) is 11.1 Å². The van der Waals surface area contributed by atoms with Crippen molar-refractivity contribution in [1.29, 1.82) is 0 Å². The number of methoxy groups -OCH3 is 1. The molecule has 1 fully saturated rings. The van der Waals surface area contributed by atoms with Crippen LogP contribution in [-0.2, 0) is 9.47 Å². The third-order valence-corrected chi connectivity index (χ3v) is 3.63. The number of carbonyl (C=O) groups is 2. The maximum atomic E-state index is 12.1. The summed E-state index contributed by atoms with van der Waals surface area (Å²) in [5, 5.41) is 0. The number of carbonyl (C=O) groups excluding carboxylic acids is 2.